The molecule has 2 rings (SSSR count). The lowest BCUT2D eigenvalue weighted by Crippen LogP contribution is -2.23. The highest BCUT2D eigenvalue weighted by atomic mass is 79.9. The Morgan fingerprint density at radius 2 is 1.90 bits per heavy atom. The van der Waals surface area contributed by atoms with Gasteiger partial charge in [0, 0.05) is 23.2 Å². The average molecular weight is 329 g/mol. The number of nitriles is 1. The molecule has 2 nitrogen and oxygen atoms in total. The Morgan fingerprint density at radius 1 is 1.15 bits per heavy atom. The Bertz CT molecular complexity index is 599. The lowest BCUT2D eigenvalue weighted by molar-refractivity contribution is 0.797. The summed E-state index contributed by atoms with van der Waals surface area (Å²) in [7, 11) is 0. The van der Waals surface area contributed by atoms with Crippen LogP contribution in [0.25, 0.3) is 0 Å². The first-order valence-corrected chi connectivity index (χ1v) is 7.41. The number of halogens is 1. The maximum Gasteiger partial charge on any atom is 0.0640 e. The second kappa shape index (κ2) is 7.12. The van der Waals surface area contributed by atoms with Crippen LogP contribution in [-0.2, 0) is 6.54 Å². The predicted molar refractivity (Wildman–Crippen MR) is 86.6 cm³/mol. The third kappa shape index (κ3) is 4.11. The average Bonchev–Trinajstić information content (AvgIpc) is 2.44. The van der Waals surface area contributed by atoms with E-state index in [-0.39, 0.29) is 0 Å². The van der Waals surface area contributed by atoms with Crippen molar-refractivity contribution in [3.05, 3.63) is 64.1 Å². The lowest BCUT2D eigenvalue weighted by Gasteiger charge is -2.24. The highest BCUT2D eigenvalue weighted by Gasteiger charge is 2.07. The number of anilines is 1. The molecule has 0 bridgehead atoms. The fraction of sp³-hybridized carbons (Fsp3) is 0.235. The molecule has 20 heavy (non-hydrogen) atoms. The summed E-state index contributed by atoms with van der Waals surface area (Å²) in [5, 5.41) is 8.83. The fourth-order valence-corrected chi connectivity index (χ4v) is 2.54. The van der Waals surface area contributed by atoms with Crippen LogP contribution < -0.4 is 4.90 Å². The molecule has 0 heterocycles. The molecule has 0 fully saturated rings. The van der Waals surface area contributed by atoms with Gasteiger partial charge in [-0.1, -0.05) is 45.8 Å². The number of nitrogens with zero attached hydrogens (tertiary/aromatic N) is 2. The Morgan fingerprint density at radius 3 is 2.55 bits per heavy atom. The Hall–Kier alpha value is -1.79. The van der Waals surface area contributed by atoms with Crippen molar-refractivity contribution in [2.24, 2.45) is 0 Å². The molecule has 0 aliphatic carbocycles. The first-order chi connectivity index (χ1) is 9.69. The van der Waals surface area contributed by atoms with Gasteiger partial charge in [-0.05, 0) is 36.8 Å². The summed E-state index contributed by atoms with van der Waals surface area (Å²) >= 11 is 3.50. The Kier molecular flexibility index (Phi) is 5.20. The van der Waals surface area contributed by atoms with Gasteiger partial charge in [0.25, 0.3) is 0 Å². The molecule has 0 aliphatic heterocycles. The van der Waals surface area contributed by atoms with Gasteiger partial charge in [-0.3, -0.25) is 0 Å². The molecular weight excluding hydrogens is 312 g/mol. The number of aryl methyl sites for hydroxylation is 1. The highest BCUT2D eigenvalue weighted by molar-refractivity contribution is 9.10. The maximum atomic E-state index is 8.83. The van der Waals surface area contributed by atoms with Crippen LogP contribution in [0.3, 0.4) is 0 Å². The first kappa shape index (κ1) is 14.6. The third-order valence-corrected chi connectivity index (χ3v) is 3.65. The second-order valence-electron chi connectivity index (χ2n) is 4.80. The topological polar surface area (TPSA) is 27.0 Å². The molecule has 0 atom stereocenters. The van der Waals surface area contributed by atoms with Crippen LogP contribution >= 0.6 is 15.9 Å². The molecule has 0 amide bonds. The molecular formula is C17H17BrN2. The summed E-state index contributed by atoms with van der Waals surface area (Å²) in [6.07, 6.45) is 0.530. The van der Waals surface area contributed by atoms with Gasteiger partial charge in [-0.25, -0.2) is 0 Å². The van der Waals surface area contributed by atoms with E-state index in [1.165, 1.54) is 11.1 Å². The molecule has 102 valence electrons. The molecule has 0 spiro atoms. The molecule has 0 N–H and O–H groups in total. The molecule has 0 aromatic heterocycles. The van der Waals surface area contributed by atoms with Crippen molar-refractivity contribution in [2.45, 2.75) is 19.9 Å². The van der Waals surface area contributed by atoms with Crippen LogP contribution in [0.4, 0.5) is 5.69 Å². The van der Waals surface area contributed by atoms with E-state index in [0.717, 1.165) is 23.2 Å². The van der Waals surface area contributed by atoms with E-state index in [1.807, 2.05) is 12.1 Å². The van der Waals surface area contributed by atoms with Crippen LogP contribution in [0.1, 0.15) is 17.5 Å². The van der Waals surface area contributed by atoms with Crippen molar-refractivity contribution >= 4 is 21.6 Å². The van der Waals surface area contributed by atoms with Gasteiger partial charge in [-0.15, -0.1) is 0 Å². The zero-order valence-corrected chi connectivity index (χ0v) is 13.1. The van der Waals surface area contributed by atoms with Crippen molar-refractivity contribution in [2.75, 3.05) is 11.4 Å². The van der Waals surface area contributed by atoms with Crippen LogP contribution in [0.5, 0.6) is 0 Å². The smallest absolute Gasteiger partial charge is 0.0640 e. The molecule has 0 unspecified atom stereocenters. The largest absolute Gasteiger partial charge is 0.366 e. The number of hydrogen-bond acceptors (Lipinski definition) is 2. The van der Waals surface area contributed by atoms with E-state index in [4.69, 9.17) is 5.26 Å². The zero-order chi connectivity index (χ0) is 14.4. The van der Waals surface area contributed by atoms with E-state index in [2.05, 4.69) is 70.2 Å². The molecule has 0 aliphatic rings. The zero-order valence-electron chi connectivity index (χ0n) is 11.5. The monoisotopic (exact) mass is 328 g/mol. The third-order valence-electron chi connectivity index (χ3n) is 3.16. The van der Waals surface area contributed by atoms with E-state index < -0.39 is 0 Å². The predicted octanol–water partition coefficient (Wildman–Crippen LogP) is 4.68. The van der Waals surface area contributed by atoms with Crippen molar-refractivity contribution in [1.29, 1.82) is 5.26 Å². The molecule has 2 aromatic carbocycles. The summed E-state index contributed by atoms with van der Waals surface area (Å²) in [5.41, 5.74) is 3.64. The number of benzene rings is 2. The van der Waals surface area contributed by atoms with E-state index >= 15 is 0 Å². The van der Waals surface area contributed by atoms with Crippen molar-refractivity contribution in [1.82, 2.24) is 0 Å². The minimum absolute atomic E-state index is 0.530. The minimum atomic E-state index is 0.530. The summed E-state index contributed by atoms with van der Waals surface area (Å²) in [4.78, 5) is 2.24. The highest BCUT2D eigenvalue weighted by Crippen LogP contribution is 2.20. The van der Waals surface area contributed by atoms with Gasteiger partial charge < -0.3 is 4.90 Å². The normalized spacial score (nSPS) is 10.1. The van der Waals surface area contributed by atoms with Crippen molar-refractivity contribution < 1.29 is 0 Å². The number of hydrogen-bond donors (Lipinski definition) is 0. The number of rotatable bonds is 5. The lowest BCUT2D eigenvalue weighted by atomic mass is 10.1. The fourth-order valence-electron chi connectivity index (χ4n) is 2.10. The van der Waals surface area contributed by atoms with Crippen molar-refractivity contribution in [3.8, 4) is 6.07 Å². The molecule has 3 heteroatoms. The summed E-state index contributed by atoms with van der Waals surface area (Å²) in [5.74, 6) is 0. The molecule has 0 saturated carbocycles. The molecule has 2 aromatic rings. The molecule has 0 saturated heterocycles. The van der Waals surface area contributed by atoms with Crippen LogP contribution in [-0.4, -0.2) is 6.54 Å². The van der Waals surface area contributed by atoms with Crippen LogP contribution in [0.2, 0.25) is 0 Å². The standard InChI is InChI=1S/C17H17BrN2/c1-14-6-8-17(9-7-14)20(11-3-10-19)13-15-4-2-5-16(18)12-15/h2,4-9,12H,3,11,13H2,1H3. The first-order valence-electron chi connectivity index (χ1n) is 6.62. The van der Waals surface area contributed by atoms with E-state index in [0.29, 0.717) is 6.42 Å². The van der Waals surface area contributed by atoms with Gasteiger partial charge in [-0.2, -0.15) is 5.26 Å². The maximum absolute atomic E-state index is 8.83. The van der Waals surface area contributed by atoms with Crippen LogP contribution in [0, 0.1) is 18.3 Å². The van der Waals surface area contributed by atoms with Gasteiger partial charge in [0.05, 0.1) is 12.5 Å². The molecule has 0 radical (unpaired) electrons. The summed E-state index contributed by atoms with van der Waals surface area (Å²) in [6.45, 7) is 3.63. The summed E-state index contributed by atoms with van der Waals surface area (Å²) < 4.78 is 1.08. The van der Waals surface area contributed by atoms with Gasteiger partial charge >= 0.3 is 0 Å². The Balaban J connectivity index is 2.19. The minimum Gasteiger partial charge on any atom is -0.366 e. The van der Waals surface area contributed by atoms with Crippen LogP contribution in [0.15, 0.2) is 53.0 Å². The second-order valence-corrected chi connectivity index (χ2v) is 5.71. The van der Waals surface area contributed by atoms with Gasteiger partial charge in [0.2, 0.25) is 0 Å². The summed E-state index contributed by atoms with van der Waals surface area (Å²) in [6, 6.07) is 19.0. The van der Waals surface area contributed by atoms with E-state index in [9.17, 15) is 0 Å². The van der Waals surface area contributed by atoms with Crippen molar-refractivity contribution in [3.63, 3.8) is 0 Å². The van der Waals surface area contributed by atoms with Gasteiger partial charge in [0.1, 0.15) is 0 Å². The van der Waals surface area contributed by atoms with Gasteiger partial charge in [0.15, 0.2) is 0 Å². The SMILES string of the molecule is Cc1ccc(N(CCC#N)Cc2cccc(Br)c2)cc1. The van der Waals surface area contributed by atoms with E-state index in [1.54, 1.807) is 0 Å². The Labute approximate surface area is 128 Å². The quantitative estimate of drug-likeness (QED) is 0.796.